The summed E-state index contributed by atoms with van der Waals surface area (Å²) in [5.41, 5.74) is 2.95. The van der Waals surface area contributed by atoms with E-state index in [1.165, 1.54) is 0 Å². The molecular formula is C26H23ClN4O4. The average molecular weight is 491 g/mol. The number of amides is 2. The summed E-state index contributed by atoms with van der Waals surface area (Å²) < 4.78 is 16.7. The van der Waals surface area contributed by atoms with Gasteiger partial charge in [0, 0.05) is 16.3 Å². The summed E-state index contributed by atoms with van der Waals surface area (Å²) >= 11 is 6.26. The van der Waals surface area contributed by atoms with Crippen LogP contribution >= 0.6 is 11.6 Å². The SMILES string of the molecule is CCOc1ccc(-c2noc(C3=C(C)N(Cc4ccco4)C(=O)NC3c3cccc(Cl)c3)n2)cc1. The standard InChI is InChI=1S/C26H23ClN4O4/c1-3-33-20-11-9-17(10-12-20)24-29-25(35-30-24)22-16(2)31(15-21-8-5-13-34-21)26(32)28-23(22)18-6-4-7-19(27)14-18/h4-14,23H,3,15H2,1-2H3,(H,28,32). The van der Waals surface area contributed by atoms with Gasteiger partial charge >= 0.3 is 6.03 Å². The maximum Gasteiger partial charge on any atom is 0.322 e. The van der Waals surface area contributed by atoms with E-state index in [0.717, 1.165) is 16.9 Å². The molecule has 2 aromatic heterocycles. The van der Waals surface area contributed by atoms with Crippen LogP contribution in [0, 0.1) is 0 Å². The highest BCUT2D eigenvalue weighted by Crippen LogP contribution is 2.38. The summed E-state index contributed by atoms with van der Waals surface area (Å²) in [6.45, 7) is 4.64. The molecule has 0 saturated heterocycles. The third-order valence-electron chi connectivity index (χ3n) is 5.75. The van der Waals surface area contributed by atoms with E-state index in [2.05, 4.69) is 15.5 Å². The molecule has 1 aliphatic heterocycles. The van der Waals surface area contributed by atoms with Crippen LogP contribution in [0.2, 0.25) is 5.02 Å². The molecule has 9 heteroatoms. The molecule has 2 aromatic carbocycles. The minimum atomic E-state index is -0.525. The Morgan fingerprint density at radius 1 is 1.14 bits per heavy atom. The quantitative estimate of drug-likeness (QED) is 0.337. The smallest absolute Gasteiger partial charge is 0.322 e. The molecule has 1 N–H and O–H groups in total. The van der Waals surface area contributed by atoms with Gasteiger partial charge in [0.05, 0.1) is 31.0 Å². The van der Waals surface area contributed by atoms with Crippen molar-refractivity contribution in [2.24, 2.45) is 0 Å². The Morgan fingerprint density at radius 2 is 1.97 bits per heavy atom. The van der Waals surface area contributed by atoms with Gasteiger partial charge in [0.25, 0.3) is 5.89 Å². The number of nitrogens with one attached hydrogen (secondary N) is 1. The Balaban J connectivity index is 1.56. The Morgan fingerprint density at radius 3 is 2.69 bits per heavy atom. The van der Waals surface area contributed by atoms with Gasteiger partial charge in [-0.3, -0.25) is 4.90 Å². The fourth-order valence-corrected chi connectivity index (χ4v) is 4.26. The minimum Gasteiger partial charge on any atom is -0.494 e. The number of hydrogen-bond donors (Lipinski definition) is 1. The van der Waals surface area contributed by atoms with Crippen molar-refractivity contribution < 1.29 is 18.5 Å². The number of aromatic nitrogens is 2. The van der Waals surface area contributed by atoms with Crippen LogP contribution in [0.3, 0.4) is 0 Å². The number of allylic oxidation sites excluding steroid dienone is 1. The number of carbonyl (C=O) groups is 1. The van der Waals surface area contributed by atoms with Crippen molar-refractivity contribution in [3.8, 4) is 17.1 Å². The molecule has 178 valence electrons. The predicted molar refractivity (Wildman–Crippen MR) is 130 cm³/mol. The molecule has 35 heavy (non-hydrogen) atoms. The van der Waals surface area contributed by atoms with Gasteiger partial charge in [0.15, 0.2) is 0 Å². The van der Waals surface area contributed by atoms with E-state index in [4.69, 9.17) is 25.3 Å². The highest BCUT2D eigenvalue weighted by molar-refractivity contribution is 6.30. The van der Waals surface area contributed by atoms with Crippen LogP contribution in [0.4, 0.5) is 4.79 Å². The summed E-state index contributed by atoms with van der Waals surface area (Å²) in [5.74, 6) is 2.16. The van der Waals surface area contributed by atoms with Crippen LogP contribution < -0.4 is 10.1 Å². The Kier molecular flexibility index (Phi) is 6.29. The minimum absolute atomic E-state index is 0.260. The predicted octanol–water partition coefficient (Wildman–Crippen LogP) is 6.08. The second-order valence-corrected chi connectivity index (χ2v) is 8.42. The van der Waals surface area contributed by atoms with Crippen LogP contribution in [-0.4, -0.2) is 27.7 Å². The van der Waals surface area contributed by atoms with E-state index in [-0.39, 0.29) is 12.6 Å². The summed E-state index contributed by atoms with van der Waals surface area (Å²) in [4.78, 5) is 19.4. The molecule has 0 fully saturated rings. The van der Waals surface area contributed by atoms with Crippen LogP contribution in [-0.2, 0) is 6.54 Å². The van der Waals surface area contributed by atoms with Crippen LogP contribution in [0.1, 0.15) is 37.1 Å². The number of ether oxygens (including phenoxy) is 1. The lowest BCUT2D eigenvalue weighted by molar-refractivity contribution is 0.199. The van der Waals surface area contributed by atoms with Crippen molar-refractivity contribution in [3.05, 3.63) is 94.9 Å². The molecule has 3 heterocycles. The fourth-order valence-electron chi connectivity index (χ4n) is 4.06. The summed E-state index contributed by atoms with van der Waals surface area (Å²) in [7, 11) is 0. The van der Waals surface area contributed by atoms with Gasteiger partial charge in [0.2, 0.25) is 5.82 Å². The first-order valence-corrected chi connectivity index (χ1v) is 11.5. The molecule has 0 bridgehead atoms. The van der Waals surface area contributed by atoms with E-state index in [1.807, 2.05) is 62.4 Å². The molecule has 0 aliphatic carbocycles. The molecule has 4 aromatic rings. The van der Waals surface area contributed by atoms with Gasteiger partial charge < -0.3 is 19.0 Å². The number of halogens is 1. The zero-order valence-electron chi connectivity index (χ0n) is 19.2. The molecule has 0 spiro atoms. The van der Waals surface area contributed by atoms with E-state index in [0.29, 0.717) is 40.4 Å². The van der Waals surface area contributed by atoms with Gasteiger partial charge in [-0.1, -0.05) is 28.9 Å². The Hall–Kier alpha value is -4.04. The van der Waals surface area contributed by atoms with Crippen molar-refractivity contribution in [1.82, 2.24) is 20.4 Å². The van der Waals surface area contributed by atoms with Crippen LogP contribution in [0.15, 0.2) is 81.6 Å². The summed E-state index contributed by atoms with van der Waals surface area (Å²) in [6.07, 6.45) is 1.58. The van der Waals surface area contributed by atoms with Crippen molar-refractivity contribution in [3.63, 3.8) is 0 Å². The van der Waals surface area contributed by atoms with Gasteiger partial charge in [0.1, 0.15) is 11.5 Å². The second kappa shape index (κ2) is 9.68. The molecule has 5 rings (SSSR count). The monoisotopic (exact) mass is 490 g/mol. The van der Waals surface area contributed by atoms with E-state index in [1.54, 1.807) is 23.3 Å². The highest BCUT2D eigenvalue weighted by atomic mass is 35.5. The lowest BCUT2D eigenvalue weighted by atomic mass is 9.94. The van der Waals surface area contributed by atoms with E-state index < -0.39 is 6.04 Å². The first-order chi connectivity index (χ1) is 17.0. The van der Waals surface area contributed by atoms with Gasteiger partial charge in [-0.25, -0.2) is 4.79 Å². The maximum atomic E-state index is 13.1. The molecule has 1 atom stereocenters. The molecule has 1 unspecified atom stereocenters. The van der Waals surface area contributed by atoms with Crippen molar-refractivity contribution >= 4 is 23.2 Å². The largest absolute Gasteiger partial charge is 0.494 e. The second-order valence-electron chi connectivity index (χ2n) is 7.98. The molecule has 0 radical (unpaired) electrons. The number of hydrogen-bond acceptors (Lipinski definition) is 6. The molecule has 1 aliphatic rings. The van der Waals surface area contributed by atoms with Gasteiger partial charge in [-0.2, -0.15) is 4.98 Å². The molecule has 8 nitrogen and oxygen atoms in total. The van der Waals surface area contributed by atoms with Crippen molar-refractivity contribution in [2.75, 3.05) is 6.61 Å². The van der Waals surface area contributed by atoms with E-state index in [9.17, 15) is 4.79 Å². The first kappa shape index (κ1) is 22.7. The lowest BCUT2D eigenvalue weighted by Crippen LogP contribution is -2.45. The summed E-state index contributed by atoms with van der Waals surface area (Å²) in [5, 5.41) is 7.82. The highest BCUT2D eigenvalue weighted by Gasteiger charge is 2.36. The number of carbonyl (C=O) groups excluding carboxylic acids is 1. The Bertz CT molecular complexity index is 1360. The Labute approximate surface area is 207 Å². The maximum absolute atomic E-state index is 13.1. The third kappa shape index (κ3) is 4.65. The first-order valence-electron chi connectivity index (χ1n) is 11.2. The van der Waals surface area contributed by atoms with Crippen molar-refractivity contribution in [2.45, 2.75) is 26.4 Å². The summed E-state index contributed by atoms with van der Waals surface area (Å²) in [6, 6.07) is 17.6. The third-order valence-corrected chi connectivity index (χ3v) is 5.99. The zero-order valence-corrected chi connectivity index (χ0v) is 20.0. The molecular weight excluding hydrogens is 468 g/mol. The van der Waals surface area contributed by atoms with Gasteiger partial charge in [-0.15, -0.1) is 0 Å². The fraction of sp³-hybridized carbons (Fsp3) is 0.192. The normalized spacial score (nSPS) is 15.9. The van der Waals surface area contributed by atoms with E-state index >= 15 is 0 Å². The lowest BCUT2D eigenvalue weighted by Gasteiger charge is -2.34. The topological polar surface area (TPSA) is 93.6 Å². The average Bonchev–Trinajstić information content (AvgIpc) is 3.55. The zero-order chi connectivity index (χ0) is 24.4. The van der Waals surface area contributed by atoms with Crippen LogP contribution in [0.5, 0.6) is 5.75 Å². The number of urea groups is 1. The number of nitrogens with zero attached hydrogens (tertiary/aromatic N) is 3. The van der Waals surface area contributed by atoms with Crippen LogP contribution in [0.25, 0.3) is 17.0 Å². The molecule has 0 saturated carbocycles. The molecule has 2 amide bonds. The number of benzene rings is 2. The van der Waals surface area contributed by atoms with Gasteiger partial charge in [-0.05, 0) is 67.9 Å². The number of rotatable bonds is 7. The van der Waals surface area contributed by atoms with Crippen molar-refractivity contribution in [1.29, 1.82) is 0 Å². The number of furan rings is 1.